The first-order chi connectivity index (χ1) is 10.7. The average Bonchev–Trinajstić information content (AvgIpc) is 3.03. The SMILES string of the molecule is CCNC(=NCc1cccc(N(C)C)n1)NCC1CCCO1. The number of aromatic nitrogens is 1. The Morgan fingerprint density at radius 3 is 2.95 bits per heavy atom. The van der Waals surface area contributed by atoms with E-state index in [2.05, 4.69) is 27.5 Å². The van der Waals surface area contributed by atoms with Gasteiger partial charge in [-0.1, -0.05) is 6.07 Å². The third-order valence-electron chi connectivity index (χ3n) is 3.51. The summed E-state index contributed by atoms with van der Waals surface area (Å²) in [6, 6.07) is 6.01. The van der Waals surface area contributed by atoms with Crippen molar-refractivity contribution in [3.63, 3.8) is 0 Å². The molecule has 1 atom stereocenters. The monoisotopic (exact) mass is 305 g/mol. The fraction of sp³-hybridized carbons (Fsp3) is 0.625. The van der Waals surface area contributed by atoms with Crippen LogP contribution in [0.1, 0.15) is 25.5 Å². The summed E-state index contributed by atoms with van der Waals surface area (Å²) in [7, 11) is 3.98. The molecule has 1 saturated heterocycles. The van der Waals surface area contributed by atoms with Crippen LogP contribution < -0.4 is 15.5 Å². The van der Waals surface area contributed by atoms with Gasteiger partial charge in [-0.3, -0.25) is 0 Å². The summed E-state index contributed by atoms with van der Waals surface area (Å²) in [5, 5.41) is 6.61. The molecule has 6 heteroatoms. The number of nitrogens with zero attached hydrogens (tertiary/aromatic N) is 3. The predicted molar refractivity (Wildman–Crippen MR) is 90.4 cm³/mol. The normalized spacial score (nSPS) is 18.3. The molecule has 0 radical (unpaired) electrons. The zero-order chi connectivity index (χ0) is 15.8. The minimum atomic E-state index is 0.305. The molecule has 2 N–H and O–H groups in total. The van der Waals surface area contributed by atoms with Crippen LogP contribution in [0.15, 0.2) is 23.2 Å². The Labute approximate surface area is 133 Å². The lowest BCUT2D eigenvalue weighted by Gasteiger charge is -2.15. The van der Waals surface area contributed by atoms with Crippen molar-refractivity contribution in [1.29, 1.82) is 0 Å². The van der Waals surface area contributed by atoms with Crippen LogP contribution in [-0.2, 0) is 11.3 Å². The molecule has 22 heavy (non-hydrogen) atoms. The molecule has 0 amide bonds. The van der Waals surface area contributed by atoms with E-state index in [4.69, 9.17) is 4.74 Å². The van der Waals surface area contributed by atoms with Gasteiger partial charge in [-0.25, -0.2) is 9.98 Å². The molecule has 1 aromatic heterocycles. The van der Waals surface area contributed by atoms with E-state index in [1.54, 1.807) is 0 Å². The number of ether oxygens (including phenoxy) is 1. The molecule has 0 bridgehead atoms. The highest BCUT2D eigenvalue weighted by molar-refractivity contribution is 5.79. The van der Waals surface area contributed by atoms with E-state index >= 15 is 0 Å². The van der Waals surface area contributed by atoms with Crippen LogP contribution >= 0.6 is 0 Å². The molecule has 1 fully saturated rings. The van der Waals surface area contributed by atoms with Gasteiger partial charge < -0.3 is 20.3 Å². The first-order valence-electron chi connectivity index (χ1n) is 7.96. The first kappa shape index (κ1) is 16.5. The number of anilines is 1. The smallest absolute Gasteiger partial charge is 0.191 e. The number of nitrogens with one attached hydrogen (secondary N) is 2. The van der Waals surface area contributed by atoms with Crippen molar-refractivity contribution in [2.45, 2.75) is 32.4 Å². The lowest BCUT2D eigenvalue weighted by Crippen LogP contribution is -2.41. The molecule has 1 unspecified atom stereocenters. The molecule has 2 heterocycles. The predicted octanol–water partition coefficient (Wildman–Crippen LogP) is 1.38. The molecule has 0 aromatic carbocycles. The van der Waals surface area contributed by atoms with Crippen LogP contribution in [0.25, 0.3) is 0 Å². The van der Waals surface area contributed by atoms with Crippen molar-refractivity contribution in [2.75, 3.05) is 38.7 Å². The number of hydrogen-bond donors (Lipinski definition) is 2. The summed E-state index contributed by atoms with van der Waals surface area (Å²) >= 11 is 0. The molecule has 1 aliphatic heterocycles. The maximum absolute atomic E-state index is 5.62. The molecule has 0 spiro atoms. The molecule has 1 aromatic rings. The Morgan fingerprint density at radius 2 is 2.27 bits per heavy atom. The van der Waals surface area contributed by atoms with Crippen LogP contribution in [0.4, 0.5) is 5.82 Å². The summed E-state index contributed by atoms with van der Waals surface area (Å²) in [4.78, 5) is 11.2. The second-order valence-electron chi connectivity index (χ2n) is 5.59. The zero-order valence-electron chi connectivity index (χ0n) is 13.8. The molecular formula is C16H27N5O. The van der Waals surface area contributed by atoms with Gasteiger partial charge in [0.05, 0.1) is 18.3 Å². The minimum absolute atomic E-state index is 0.305. The highest BCUT2D eigenvalue weighted by atomic mass is 16.5. The summed E-state index contributed by atoms with van der Waals surface area (Å²) < 4.78 is 5.62. The number of pyridine rings is 1. The van der Waals surface area contributed by atoms with Crippen molar-refractivity contribution in [3.05, 3.63) is 23.9 Å². The summed E-state index contributed by atoms with van der Waals surface area (Å²) in [6.45, 7) is 5.14. The van der Waals surface area contributed by atoms with Gasteiger partial charge in [-0.2, -0.15) is 0 Å². The second kappa shape index (κ2) is 8.58. The lowest BCUT2D eigenvalue weighted by atomic mass is 10.2. The first-order valence-corrected chi connectivity index (χ1v) is 7.96. The molecule has 0 aliphatic carbocycles. The quantitative estimate of drug-likeness (QED) is 0.614. The lowest BCUT2D eigenvalue weighted by molar-refractivity contribution is 0.114. The molecule has 2 rings (SSSR count). The Hall–Kier alpha value is -1.82. The summed E-state index contributed by atoms with van der Waals surface area (Å²) in [6.07, 6.45) is 2.58. The van der Waals surface area contributed by atoms with Crippen LogP contribution in [0.5, 0.6) is 0 Å². The van der Waals surface area contributed by atoms with Crippen molar-refractivity contribution in [1.82, 2.24) is 15.6 Å². The van der Waals surface area contributed by atoms with E-state index in [1.807, 2.05) is 37.2 Å². The maximum atomic E-state index is 5.62. The Morgan fingerprint density at radius 1 is 1.41 bits per heavy atom. The maximum Gasteiger partial charge on any atom is 0.191 e. The Bertz CT molecular complexity index is 483. The third kappa shape index (κ3) is 5.18. The summed E-state index contributed by atoms with van der Waals surface area (Å²) in [5.41, 5.74) is 0.959. The number of rotatable bonds is 6. The summed E-state index contributed by atoms with van der Waals surface area (Å²) in [5.74, 6) is 1.76. The average molecular weight is 305 g/mol. The molecule has 122 valence electrons. The molecule has 6 nitrogen and oxygen atoms in total. The van der Waals surface area contributed by atoms with E-state index < -0.39 is 0 Å². The third-order valence-corrected chi connectivity index (χ3v) is 3.51. The van der Waals surface area contributed by atoms with Gasteiger partial charge in [0.2, 0.25) is 0 Å². The van der Waals surface area contributed by atoms with E-state index in [0.29, 0.717) is 12.6 Å². The number of guanidine groups is 1. The fourth-order valence-electron chi connectivity index (χ4n) is 2.32. The van der Waals surface area contributed by atoms with Gasteiger partial charge in [0.1, 0.15) is 5.82 Å². The van der Waals surface area contributed by atoms with Crippen LogP contribution in [0, 0.1) is 0 Å². The van der Waals surface area contributed by atoms with Crippen LogP contribution in [-0.4, -0.2) is 50.8 Å². The largest absolute Gasteiger partial charge is 0.376 e. The van der Waals surface area contributed by atoms with Crippen molar-refractivity contribution < 1.29 is 4.74 Å². The van der Waals surface area contributed by atoms with Gasteiger partial charge in [0, 0.05) is 33.8 Å². The molecular weight excluding hydrogens is 278 g/mol. The van der Waals surface area contributed by atoms with Gasteiger partial charge in [0.15, 0.2) is 5.96 Å². The van der Waals surface area contributed by atoms with Crippen LogP contribution in [0.2, 0.25) is 0 Å². The van der Waals surface area contributed by atoms with Gasteiger partial charge in [0.25, 0.3) is 0 Å². The number of hydrogen-bond acceptors (Lipinski definition) is 4. The Balaban J connectivity index is 1.92. The van der Waals surface area contributed by atoms with E-state index in [-0.39, 0.29) is 0 Å². The standard InChI is InChI=1S/C16H27N5O/c1-4-17-16(19-12-14-8-6-10-22-14)18-11-13-7-5-9-15(20-13)21(2)3/h5,7,9,14H,4,6,8,10-12H2,1-3H3,(H2,17,18,19). The second-order valence-corrected chi connectivity index (χ2v) is 5.59. The van der Waals surface area contributed by atoms with Crippen LogP contribution in [0.3, 0.4) is 0 Å². The van der Waals surface area contributed by atoms with Crippen molar-refractivity contribution in [2.24, 2.45) is 4.99 Å². The van der Waals surface area contributed by atoms with E-state index in [1.165, 1.54) is 0 Å². The van der Waals surface area contributed by atoms with Gasteiger partial charge in [-0.05, 0) is 31.9 Å². The Kier molecular flexibility index (Phi) is 6.45. The fourth-order valence-corrected chi connectivity index (χ4v) is 2.32. The highest BCUT2D eigenvalue weighted by Gasteiger charge is 2.15. The molecule has 0 saturated carbocycles. The van der Waals surface area contributed by atoms with E-state index in [9.17, 15) is 0 Å². The van der Waals surface area contributed by atoms with Crippen molar-refractivity contribution in [3.8, 4) is 0 Å². The van der Waals surface area contributed by atoms with Crippen molar-refractivity contribution >= 4 is 11.8 Å². The minimum Gasteiger partial charge on any atom is -0.376 e. The number of aliphatic imine (C=N–C) groups is 1. The topological polar surface area (TPSA) is 61.8 Å². The van der Waals surface area contributed by atoms with E-state index in [0.717, 1.165) is 50.0 Å². The van der Waals surface area contributed by atoms with Gasteiger partial charge in [-0.15, -0.1) is 0 Å². The zero-order valence-corrected chi connectivity index (χ0v) is 13.8. The van der Waals surface area contributed by atoms with Gasteiger partial charge >= 0.3 is 0 Å². The molecule has 1 aliphatic rings. The highest BCUT2D eigenvalue weighted by Crippen LogP contribution is 2.11.